The Morgan fingerprint density at radius 2 is 1.85 bits per heavy atom. The van der Waals surface area contributed by atoms with Gasteiger partial charge < -0.3 is 9.30 Å². The number of hydrogen-bond acceptors (Lipinski definition) is 4. The van der Waals surface area contributed by atoms with Crippen molar-refractivity contribution in [2.45, 2.75) is 44.4 Å². The predicted octanol–water partition coefficient (Wildman–Crippen LogP) is 4.67. The van der Waals surface area contributed by atoms with Gasteiger partial charge in [0.2, 0.25) is 0 Å². The zero-order chi connectivity index (χ0) is 23.1. The van der Waals surface area contributed by atoms with Crippen molar-refractivity contribution in [2.75, 3.05) is 7.11 Å². The number of benzene rings is 2. The summed E-state index contributed by atoms with van der Waals surface area (Å²) in [5.41, 5.74) is 4.62. The largest absolute Gasteiger partial charge is 0.379 e. The summed E-state index contributed by atoms with van der Waals surface area (Å²) in [6.07, 6.45) is 9.81. The molecule has 2 aliphatic heterocycles. The maximum atomic E-state index is 13.5. The molecule has 7 nitrogen and oxygen atoms in total. The van der Waals surface area contributed by atoms with Gasteiger partial charge in [-0.05, 0) is 42.7 Å². The Labute approximate surface area is 197 Å². The Balaban J connectivity index is 1.43. The molecule has 172 valence electrons. The highest BCUT2D eigenvalue weighted by molar-refractivity contribution is 5.93. The molecule has 0 N–H and O–H groups in total. The van der Waals surface area contributed by atoms with Crippen molar-refractivity contribution < 1.29 is 4.74 Å². The summed E-state index contributed by atoms with van der Waals surface area (Å²) < 4.78 is 11.4. The Kier molecular flexibility index (Phi) is 5.26. The molecule has 0 saturated heterocycles. The Morgan fingerprint density at radius 3 is 2.65 bits per heavy atom. The van der Waals surface area contributed by atoms with Gasteiger partial charge in [-0.2, -0.15) is 10.2 Å². The maximum absolute atomic E-state index is 13.5. The number of methoxy groups -OCH3 is 1. The topological polar surface area (TPSA) is 66.9 Å². The first-order valence-corrected chi connectivity index (χ1v) is 11.8. The SMILES string of the molecule is CO[C@@H]1CCCC[C@H]1n1nc2c3ccccc3n(Cc3ccc(-n4cccn4)cc3)cc-2c1=O. The van der Waals surface area contributed by atoms with Crippen LogP contribution in [0.25, 0.3) is 27.8 Å². The molecule has 0 amide bonds. The molecule has 1 aliphatic carbocycles. The van der Waals surface area contributed by atoms with E-state index in [0.29, 0.717) is 12.1 Å². The average Bonchev–Trinajstić information content (AvgIpc) is 3.54. The molecule has 1 saturated carbocycles. The van der Waals surface area contributed by atoms with Crippen LogP contribution in [0.3, 0.4) is 0 Å². The second-order valence-electron chi connectivity index (χ2n) is 9.03. The highest BCUT2D eigenvalue weighted by Gasteiger charge is 2.31. The van der Waals surface area contributed by atoms with Gasteiger partial charge in [0.05, 0.1) is 28.9 Å². The number of nitrogens with zero attached hydrogens (tertiary/aromatic N) is 5. The molecule has 3 aliphatic rings. The normalized spacial score (nSPS) is 18.6. The molecule has 0 spiro atoms. The van der Waals surface area contributed by atoms with Crippen molar-refractivity contribution in [2.24, 2.45) is 0 Å². The predicted molar refractivity (Wildman–Crippen MR) is 132 cm³/mol. The van der Waals surface area contributed by atoms with Gasteiger partial charge in [0.1, 0.15) is 5.69 Å². The molecule has 6 rings (SSSR count). The quantitative estimate of drug-likeness (QED) is 0.388. The smallest absolute Gasteiger partial charge is 0.278 e. The van der Waals surface area contributed by atoms with Crippen molar-refractivity contribution in [1.82, 2.24) is 24.1 Å². The summed E-state index contributed by atoms with van der Waals surface area (Å²) in [4.78, 5) is 13.5. The lowest BCUT2D eigenvalue weighted by molar-refractivity contribution is 0.0236. The fourth-order valence-corrected chi connectivity index (χ4v) is 5.26. The van der Waals surface area contributed by atoms with Crippen LogP contribution in [0, 0.1) is 0 Å². The van der Waals surface area contributed by atoms with Crippen LogP contribution in [0.4, 0.5) is 0 Å². The van der Waals surface area contributed by atoms with E-state index in [1.807, 2.05) is 35.3 Å². The molecule has 0 radical (unpaired) electrons. The van der Waals surface area contributed by atoms with Crippen molar-refractivity contribution in [3.63, 3.8) is 0 Å². The van der Waals surface area contributed by atoms with Crippen LogP contribution in [0.2, 0.25) is 0 Å². The minimum Gasteiger partial charge on any atom is -0.379 e. The minimum absolute atomic E-state index is 0.0132. The fourth-order valence-electron chi connectivity index (χ4n) is 5.26. The number of aromatic nitrogens is 5. The monoisotopic (exact) mass is 453 g/mol. The van der Waals surface area contributed by atoms with Gasteiger partial charge in [0.25, 0.3) is 5.56 Å². The van der Waals surface area contributed by atoms with Crippen LogP contribution < -0.4 is 5.56 Å². The van der Waals surface area contributed by atoms with Crippen LogP contribution in [0.5, 0.6) is 0 Å². The second-order valence-corrected chi connectivity index (χ2v) is 9.03. The number of pyridine rings is 1. The molecule has 3 heterocycles. The minimum atomic E-state index is -0.0301. The Hall–Kier alpha value is -3.71. The molecule has 3 aromatic rings. The maximum Gasteiger partial charge on any atom is 0.278 e. The average molecular weight is 454 g/mol. The standard InChI is InChI=1S/C27H27N5O2/c1-34-25-10-5-4-9-24(25)32-27(33)22-18-30(23-8-3-2-7-21(23)26(22)29-32)17-19-11-13-20(14-12-19)31-16-6-15-28-31/h2-3,6-8,11-16,18,24-25H,4-5,9-10,17H2,1H3/t24-,25-/m1/s1. The van der Waals surface area contributed by atoms with Crippen LogP contribution in [-0.4, -0.2) is 37.3 Å². The molecule has 2 atom stereocenters. The summed E-state index contributed by atoms with van der Waals surface area (Å²) in [6.45, 7) is 0.657. The van der Waals surface area contributed by atoms with Crippen molar-refractivity contribution in [3.8, 4) is 16.9 Å². The van der Waals surface area contributed by atoms with E-state index in [1.54, 1.807) is 18.0 Å². The van der Waals surface area contributed by atoms with Crippen LogP contribution in [-0.2, 0) is 11.3 Å². The lowest BCUT2D eigenvalue weighted by Crippen LogP contribution is -2.34. The molecule has 0 unspecified atom stereocenters. The number of hydrogen-bond donors (Lipinski definition) is 0. The summed E-state index contributed by atoms with van der Waals surface area (Å²) in [5, 5.41) is 10.1. The first-order chi connectivity index (χ1) is 16.7. The molecule has 34 heavy (non-hydrogen) atoms. The Bertz CT molecular complexity index is 1450. The third-order valence-electron chi connectivity index (χ3n) is 7.00. The van der Waals surface area contributed by atoms with Crippen LogP contribution in [0.1, 0.15) is 37.3 Å². The van der Waals surface area contributed by atoms with E-state index < -0.39 is 0 Å². The third-order valence-corrected chi connectivity index (χ3v) is 7.00. The highest BCUT2D eigenvalue weighted by atomic mass is 16.5. The fraction of sp³-hybridized carbons (Fsp3) is 0.296. The molecule has 0 bridgehead atoms. The van der Waals surface area contributed by atoms with E-state index in [4.69, 9.17) is 9.84 Å². The van der Waals surface area contributed by atoms with Crippen molar-refractivity contribution in [1.29, 1.82) is 0 Å². The summed E-state index contributed by atoms with van der Waals surface area (Å²) in [5.74, 6) is 0. The number of ether oxygens (including phenoxy) is 1. The van der Waals surface area contributed by atoms with Crippen molar-refractivity contribution in [3.05, 3.63) is 89.1 Å². The zero-order valence-electron chi connectivity index (χ0n) is 19.2. The molecule has 1 aromatic heterocycles. The van der Waals surface area contributed by atoms with E-state index in [0.717, 1.165) is 53.5 Å². The van der Waals surface area contributed by atoms with E-state index in [2.05, 4.69) is 46.1 Å². The summed E-state index contributed by atoms with van der Waals surface area (Å²) in [6, 6.07) is 18.4. The second kappa shape index (κ2) is 8.57. The lowest BCUT2D eigenvalue weighted by atomic mass is 9.92. The molecular formula is C27H27N5O2. The lowest BCUT2D eigenvalue weighted by Gasteiger charge is -2.29. The summed E-state index contributed by atoms with van der Waals surface area (Å²) >= 11 is 0. The highest BCUT2D eigenvalue weighted by Crippen LogP contribution is 2.33. The first-order valence-electron chi connectivity index (χ1n) is 11.8. The van der Waals surface area contributed by atoms with E-state index in [9.17, 15) is 4.79 Å². The van der Waals surface area contributed by atoms with Gasteiger partial charge in [-0.1, -0.05) is 43.2 Å². The number of para-hydroxylation sites is 1. The summed E-state index contributed by atoms with van der Waals surface area (Å²) in [7, 11) is 1.73. The number of rotatable bonds is 5. The Morgan fingerprint density at radius 1 is 1.03 bits per heavy atom. The molecular weight excluding hydrogens is 426 g/mol. The van der Waals surface area contributed by atoms with Crippen LogP contribution >= 0.6 is 0 Å². The van der Waals surface area contributed by atoms with Gasteiger partial charge in [-0.25, -0.2) is 9.36 Å². The molecule has 7 heteroatoms. The van der Waals surface area contributed by atoms with Gasteiger partial charge in [-0.3, -0.25) is 4.79 Å². The zero-order valence-corrected chi connectivity index (χ0v) is 19.2. The molecule has 2 aromatic carbocycles. The first kappa shape index (κ1) is 20.9. The van der Waals surface area contributed by atoms with E-state index in [1.165, 1.54) is 0 Å². The number of fused-ring (bicyclic) bond motifs is 3. The van der Waals surface area contributed by atoms with Crippen LogP contribution in [0.15, 0.2) is 78.0 Å². The van der Waals surface area contributed by atoms with Gasteiger partial charge in [0.15, 0.2) is 0 Å². The van der Waals surface area contributed by atoms with E-state index in [-0.39, 0.29) is 17.7 Å². The molecule has 1 fully saturated rings. The third kappa shape index (κ3) is 3.53. The van der Waals surface area contributed by atoms with E-state index >= 15 is 0 Å². The van der Waals surface area contributed by atoms with Gasteiger partial charge in [0, 0.05) is 37.6 Å². The van der Waals surface area contributed by atoms with Gasteiger partial charge in [-0.15, -0.1) is 0 Å². The van der Waals surface area contributed by atoms with Crippen molar-refractivity contribution >= 4 is 10.9 Å². The van der Waals surface area contributed by atoms with Gasteiger partial charge >= 0.3 is 0 Å².